The lowest BCUT2D eigenvalue weighted by Gasteiger charge is -2.26. The van der Waals surface area contributed by atoms with Crippen LogP contribution in [0.4, 0.5) is 0 Å². The van der Waals surface area contributed by atoms with E-state index in [1.165, 1.54) is 11.1 Å². The highest BCUT2D eigenvalue weighted by molar-refractivity contribution is 5.25. The molecule has 2 nitrogen and oxygen atoms in total. The third kappa shape index (κ3) is 6.74. The topological polar surface area (TPSA) is 15.3 Å². The monoisotopic (exact) mass is 262 g/mol. The molecule has 0 amide bonds. The van der Waals surface area contributed by atoms with Gasteiger partial charge in [-0.25, -0.2) is 0 Å². The first-order valence-electron chi connectivity index (χ1n) is 7.26. The van der Waals surface area contributed by atoms with E-state index in [9.17, 15) is 0 Å². The van der Waals surface area contributed by atoms with Crippen molar-refractivity contribution < 1.29 is 0 Å². The van der Waals surface area contributed by atoms with Gasteiger partial charge in [-0.15, -0.1) is 0 Å². The molecule has 0 bridgehead atoms. The van der Waals surface area contributed by atoms with Crippen molar-refractivity contribution in [2.75, 3.05) is 20.1 Å². The fourth-order valence-electron chi connectivity index (χ4n) is 2.22. The van der Waals surface area contributed by atoms with Crippen molar-refractivity contribution in [1.29, 1.82) is 0 Å². The van der Waals surface area contributed by atoms with Crippen LogP contribution in [0, 0.1) is 12.8 Å². The largest absolute Gasteiger partial charge is 0.312 e. The van der Waals surface area contributed by atoms with Crippen LogP contribution in [-0.4, -0.2) is 30.6 Å². The van der Waals surface area contributed by atoms with Crippen LogP contribution >= 0.6 is 0 Å². The van der Waals surface area contributed by atoms with Crippen molar-refractivity contribution in [3.05, 3.63) is 35.4 Å². The van der Waals surface area contributed by atoms with Crippen LogP contribution in [0.1, 0.15) is 38.8 Å². The fourth-order valence-corrected chi connectivity index (χ4v) is 2.22. The lowest BCUT2D eigenvalue weighted by molar-refractivity contribution is 0.261. The van der Waals surface area contributed by atoms with Crippen molar-refractivity contribution in [3.8, 4) is 0 Å². The number of rotatable bonds is 6. The zero-order chi connectivity index (χ0) is 14.5. The molecule has 0 aliphatic heterocycles. The van der Waals surface area contributed by atoms with Crippen LogP contribution in [0.2, 0.25) is 0 Å². The molecule has 0 saturated heterocycles. The zero-order valence-corrected chi connectivity index (χ0v) is 13.5. The first kappa shape index (κ1) is 16.2. The molecule has 1 aromatic rings. The van der Waals surface area contributed by atoms with Crippen LogP contribution in [0.15, 0.2) is 24.3 Å². The molecule has 1 rings (SSSR count). The Morgan fingerprint density at radius 3 is 2.42 bits per heavy atom. The Morgan fingerprint density at radius 2 is 1.84 bits per heavy atom. The molecule has 0 aliphatic rings. The molecule has 1 aromatic carbocycles. The predicted molar refractivity (Wildman–Crippen MR) is 84.4 cm³/mol. The Morgan fingerprint density at radius 1 is 1.21 bits per heavy atom. The molecule has 19 heavy (non-hydrogen) atoms. The molecule has 1 N–H and O–H groups in total. The quantitative estimate of drug-likeness (QED) is 0.844. The zero-order valence-electron chi connectivity index (χ0n) is 13.5. The number of hydrogen-bond donors (Lipinski definition) is 1. The smallest absolute Gasteiger partial charge is 0.0233 e. The Balaban J connectivity index is 2.39. The number of nitrogens with one attached hydrogen (secondary N) is 1. The number of nitrogens with zero attached hydrogens (tertiary/aromatic N) is 1. The average Bonchev–Trinajstić information content (AvgIpc) is 2.29. The maximum Gasteiger partial charge on any atom is 0.0233 e. The summed E-state index contributed by atoms with van der Waals surface area (Å²) in [5, 5.41) is 3.58. The molecule has 0 radical (unpaired) electrons. The second-order valence-electron chi connectivity index (χ2n) is 6.86. The van der Waals surface area contributed by atoms with E-state index in [2.05, 4.69) is 76.1 Å². The summed E-state index contributed by atoms with van der Waals surface area (Å²) in [5.41, 5.74) is 3.03. The van der Waals surface area contributed by atoms with E-state index in [0.29, 0.717) is 5.92 Å². The van der Waals surface area contributed by atoms with Crippen molar-refractivity contribution >= 4 is 0 Å². The molecule has 0 aromatic heterocycles. The molecule has 1 atom stereocenters. The van der Waals surface area contributed by atoms with E-state index >= 15 is 0 Å². The highest BCUT2D eigenvalue weighted by atomic mass is 15.1. The molecule has 0 saturated carbocycles. The molecule has 1 unspecified atom stereocenters. The van der Waals surface area contributed by atoms with Crippen molar-refractivity contribution in [1.82, 2.24) is 10.2 Å². The third-order valence-corrected chi connectivity index (χ3v) is 3.31. The molecule has 0 fully saturated rings. The maximum absolute atomic E-state index is 3.58. The molecule has 0 spiro atoms. The van der Waals surface area contributed by atoms with Gasteiger partial charge in [0.1, 0.15) is 0 Å². The third-order valence-electron chi connectivity index (χ3n) is 3.31. The van der Waals surface area contributed by atoms with Crippen molar-refractivity contribution in [2.24, 2.45) is 5.92 Å². The van der Waals surface area contributed by atoms with Gasteiger partial charge in [0.2, 0.25) is 0 Å². The molecule has 2 heteroatoms. The minimum absolute atomic E-state index is 0.211. The highest BCUT2D eigenvalue weighted by Crippen LogP contribution is 2.11. The molecule has 0 aliphatic carbocycles. The second kappa shape index (κ2) is 7.06. The van der Waals surface area contributed by atoms with Gasteiger partial charge in [-0.1, -0.05) is 31.2 Å². The number of hydrogen-bond acceptors (Lipinski definition) is 2. The van der Waals surface area contributed by atoms with Crippen molar-refractivity contribution in [2.45, 2.75) is 46.7 Å². The van der Waals surface area contributed by atoms with Gasteiger partial charge in [-0.2, -0.15) is 0 Å². The van der Waals surface area contributed by atoms with E-state index in [-0.39, 0.29) is 5.54 Å². The summed E-state index contributed by atoms with van der Waals surface area (Å²) in [6, 6.07) is 8.65. The first-order chi connectivity index (χ1) is 8.78. The standard InChI is InChI=1S/C17H30N2/c1-14(11-18-17(3,4)5)12-19(6)13-16-10-8-7-9-15(16)2/h7-10,14,18H,11-13H2,1-6H3. The average molecular weight is 262 g/mol. The predicted octanol–water partition coefficient (Wildman–Crippen LogP) is 3.45. The highest BCUT2D eigenvalue weighted by Gasteiger charge is 2.12. The molecular formula is C17H30N2. The second-order valence-corrected chi connectivity index (χ2v) is 6.86. The summed E-state index contributed by atoms with van der Waals surface area (Å²) >= 11 is 0. The summed E-state index contributed by atoms with van der Waals surface area (Å²) in [6.45, 7) is 14.4. The van der Waals surface area contributed by atoms with Crippen LogP contribution in [0.3, 0.4) is 0 Å². The van der Waals surface area contributed by atoms with E-state index in [4.69, 9.17) is 0 Å². The summed E-state index contributed by atoms with van der Waals surface area (Å²) in [7, 11) is 2.21. The van der Waals surface area contributed by atoms with Gasteiger partial charge in [-0.3, -0.25) is 0 Å². The number of benzene rings is 1. The minimum Gasteiger partial charge on any atom is -0.312 e. The molecule has 108 valence electrons. The minimum atomic E-state index is 0.211. The first-order valence-corrected chi connectivity index (χ1v) is 7.26. The maximum atomic E-state index is 3.58. The normalized spacial score (nSPS) is 13.8. The Hall–Kier alpha value is -0.860. The van der Waals surface area contributed by atoms with E-state index < -0.39 is 0 Å². The SMILES string of the molecule is Cc1ccccc1CN(C)CC(C)CNC(C)(C)C. The Labute approximate surface area is 119 Å². The van der Waals surface area contributed by atoms with Gasteiger partial charge in [0, 0.05) is 18.6 Å². The van der Waals surface area contributed by atoms with Gasteiger partial charge in [0.15, 0.2) is 0 Å². The van der Waals surface area contributed by atoms with E-state index in [1.54, 1.807) is 0 Å². The molecular weight excluding hydrogens is 232 g/mol. The van der Waals surface area contributed by atoms with Gasteiger partial charge < -0.3 is 10.2 Å². The Bertz CT molecular complexity index is 379. The van der Waals surface area contributed by atoms with Gasteiger partial charge in [0.25, 0.3) is 0 Å². The van der Waals surface area contributed by atoms with Crippen molar-refractivity contribution in [3.63, 3.8) is 0 Å². The number of aryl methyl sites for hydroxylation is 1. The van der Waals surface area contributed by atoms with Gasteiger partial charge in [-0.05, 0) is 58.3 Å². The molecule has 0 heterocycles. The summed E-state index contributed by atoms with van der Waals surface area (Å²) < 4.78 is 0. The van der Waals surface area contributed by atoms with Crippen LogP contribution in [-0.2, 0) is 6.54 Å². The summed E-state index contributed by atoms with van der Waals surface area (Å²) in [4.78, 5) is 2.41. The summed E-state index contributed by atoms with van der Waals surface area (Å²) in [6.07, 6.45) is 0. The van der Waals surface area contributed by atoms with Crippen LogP contribution in [0.5, 0.6) is 0 Å². The summed E-state index contributed by atoms with van der Waals surface area (Å²) in [5.74, 6) is 0.660. The van der Waals surface area contributed by atoms with Gasteiger partial charge in [0.05, 0.1) is 0 Å². The van der Waals surface area contributed by atoms with Crippen LogP contribution in [0.25, 0.3) is 0 Å². The van der Waals surface area contributed by atoms with Crippen LogP contribution < -0.4 is 5.32 Å². The fraction of sp³-hybridized carbons (Fsp3) is 0.647. The lowest BCUT2D eigenvalue weighted by Crippen LogP contribution is -2.40. The van der Waals surface area contributed by atoms with E-state index in [1.807, 2.05) is 0 Å². The lowest BCUT2D eigenvalue weighted by atomic mass is 10.1. The van der Waals surface area contributed by atoms with Gasteiger partial charge >= 0.3 is 0 Å². The van der Waals surface area contributed by atoms with E-state index in [0.717, 1.165) is 19.6 Å². The Kier molecular flexibility index (Phi) is 6.02.